The molecule has 0 atom stereocenters. The van der Waals surface area contributed by atoms with Gasteiger partial charge in [-0.1, -0.05) is 18.2 Å². The van der Waals surface area contributed by atoms with Crippen molar-refractivity contribution in [2.45, 2.75) is 0 Å². The van der Waals surface area contributed by atoms with Gasteiger partial charge in [0.2, 0.25) is 5.82 Å². The summed E-state index contributed by atoms with van der Waals surface area (Å²) in [7, 11) is 0. The molecule has 0 spiro atoms. The van der Waals surface area contributed by atoms with Gasteiger partial charge in [-0.2, -0.15) is 5.10 Å². The van der Waals surface area contributed by atoms with Gasteiger partial charge >= 0.3 is 0 Å². The maximum absolute atomic E-state index is 11.9. The second kappa shape index (κ2) is 4.45. The van der Waals surface area contributed by atoms with Crippen LogP contribution in [-0.2, 0) is 0 Å². The Hall–Kier alpha value is -3.15. The van der Waals surface area contributed by atoms with Crippen molar-refractivity contribution < 1.29 is 9.21 Å². The van der Waals surface area contributed by atoms with E-state index in [1.807, 2.05) is 36.4 Å². The Morgan fingerprint density at radius 1 is 1.10 bits per heavy atom. The minimum Gasteiger partial charge on any atom is -0.456 e. The number of carbonyl (C=O) groups excluding carboxylic acids is 1. The fourth-order valence-electron chi connectivity index (χ4n) is 2.31. The van der Waals surface area contributed by atoms with Gasteiger partial charge in [0.25, 0.3) is 5.91 Å². The van der Waals surface area contributed by atoms with Crippen LogP contribution in [0.2, 0.25) is 0 Å². The monoisotopic (exact) mass is 278 g/mol. The molecule has 0 aliphatic carbocycles. The number of fused-ring (bicyclic) bond motifs is 3. The first-order valence-corrected chi connectivity index (χ1v) is 6.39. The first-order valence-electron chi connectivity index (χ1n) is 6.39. The Kier molecular flexibility index (Phi) is 2.47. The molecule has 2 aromatic heterocycles. The lowest BCUT2D eigenvalue weighted by atomic mass is 10.1. The molecule has 0 aliphatic heterocycles. The van der Waals surface area contributed by atoms with Gasteiger partial charge in [0.1, 0.15) is 17.5 Å². The van der Waals surface area contributed by atoms with Crippen LogP contribution in [0, 0.1) is 0 Å². The van der Waals surface area contributed by atoms with Gasteiger partial charge in [0.15, 0.2) is 0 Å². The van der Waals surface area contributed by atoms with Crippen LogP contribution < -0.4 is 5.32 Å². The number of furan rings is 1. The molecule has 6 heteroatoms. The second-order valence-electron chi connectivity index (χ2n) is 4.60. The highest BCUT2D eigenvalue weighted by Crippen LogP contribution is 2.30. The number of hydrogen-bond donors (Lipinski definition) is 2. The molecule has 0 saturated carbocycles. The van der Waals surface area contributed by atoms with Crippen LogP contribution in [0.4, 0.5) is 5.69 Å². The highest BCUT2D eigenvalue weighted by atomic mass is 16.3. The Labute approximate surface area is 118 Å². The molecule has 4 aromatic rings. The predicted octanol–water partition coefficient (Wildman–Crippen LogP) is 2.96. The van der Waals surface area contributed by atoms with Crippen LogP contribution in [0.3, 0.4) is 0 Å². The van der Waals surface area contributed by atoms with Crippen molar-refractivity contribution in [2.24, 2.45) is 0 Å². The summed E-state index contributed by atoms with van der Waals surface area (Å²) in [5, 5.41) is 10.9. The van der Waals surface area contributed by atoms with Crippen LogP contribution >= 0.6 is 0 Å². The van der Waals surface area contributed by atoms with E-state index in [1.165, 1.54) is 6.33 Å². The van der Waals surface area contributed by atoms with Gasteiger partial charge in [-0.25, -0.2) is 4.98 Å². The number of benzene rings is 2. The molecule has 2 heterocycles. The fourth-order valence-corrected chi connectivity index (χ4v) is 2.31. The molecule has 0 saturated heterocycles. The van der Waals surface area contributed by atoms with Crippen LogP contribution in [0.5, 0.6) is 0 Å². The van der Waals surface area contributed by atoms with E-state index in [-0.39, 0.29) is 11.7 Å². The van der Waals surface area contributed by atoms with Gasteiger partial charge < -0.3 is 9.73 Å². The number of nitrogens with one attached hydrogen (secondary N) is 2. The smallest absolute Gasteiger partial charge is 0.292 e. The van der Waals surface area contributed by atoms with E-state index in [4.69, 9.17) is 4.42 Å². The third-order valence-electron chi connectivity index (χ3n) is 3.26. The largest absolute Gasteiger partial charge is 0.456 e. The molecule has 6 nitrogen and oxygen atoms in total. The van der Waals surface area contributed by atoms with Crippen molar-refractivity contribution >= 4 is 33.5 Å². The van der Waals surface area contributed by atoms with E-state index in [0.29, 0.717) is 5.69 Å². The Balaban J connectivity index is 1.76. The minimum atomic E-state index is -0.334. The SMILES string of the molecule is O=C(Nc1ccc2oc3ccccc3c2c1)c1ncn[nH]1. The minimum absolute atomic E-state index is 0.173. The summed E-state index contributed by atoms with van der Waals surface area (Å²) in [6, 6.07) is 13.3. The van der Waals surface area contributed by atoms with Crippen molar-refractivity contribution in [1.82, 2.24) is 15.2 Å². The Morgan fingerprint density at radius 3 is 2.81 bits per heavy atom. The van der Waals surface area contributed by atoms with Gasteiger partial charge in [0.05, 0.1) is 0 Å². The topological polar surface area (TPSA) is 83.8 Å². The number of nitrogens with zero attached hydrogens (tertiary/aromatic N) is 2. The van der Waals surface area contributed by atoms with Crippen molar-refractivity contribution in [1.29, 1.82) is 0 Å². The van der Waals surface area contributed by atoms with Crippen molar-refractivity contribution in [3.63, 3.8) is 0 Å². The number of aromatic nitrogens is 3. The van der Waals surface area contributed by atoms with Gasteiger partial charge in [0, 0.05) is 16.5 Å². The Bertz CT molecular complexity index is 941. The number of anilines is 1. The average Bonchev–Trinajstić information content (AvgIpc) is 3.14. The molecule has 102 valence electrons. The van der Waals surface area contributed by atoms with E-state index in [0.717, 1.165) is 21.9 Å². The summed E-state index contributed by atoms with van der Waals surface area (Å²) in [4.78, 5) is 15.8. The highest BCUT2D eigenvalue weighted by molar-refractivity contribution is 6.08. The zero-order valence-corrected chi connectivity index (χ0v) is 10.8. The quantitative estimate of drug-likeness (QED) is 0.590. The lowest BCUT2D eigenvalue weighted by molar-refractivity contribution is 0.101. The number of carbonyl (C=O) groups is 1. The van der Waals surface area contributed by atoms with E-state index < -0.39 is 0 Å². The lowest BCUT2D eigenvalue weighted by Crippen LogP contribution is -2.13. The molecule has 0 radical (unpaired) electrons. The first-order chi connectivity index (χ1) is 10.3. The molecule has 2 N–H and O–H groups in total. The van der Waals surface area contributed by atoms with E-state index >= 15 is 0 Å². The Morgan fingerprint density at radius 2 is 1.95 bits per heavy atom. The molecular formula is C15H10N4O2. The molecular weight excluding hydrogens is 268 g/mol. The molecule has 21 heavy (non-hydrogen) atoms. The average molecular weight is 278 g/mol. The molecule has 0 unspecified atom stereocenters. The summed E-state index contributed by atoms with van der Waals surface area (Å²) in [5.41, 5.74) is 2.29. The van der Waals surface area contributed by atoms with E-state index in [9.17, 15) is 4.79 Å². The van der Waals surface area contributed by atoms with E-state index in [2.05, 4.69) is 20.5 Å². The summed E-state index contributed by atoms with van der Waals surface area (Å²) < 4.78 is 5.74. The molecule has 1 amide bonds. The van der Waals surface area contributed by atoms with Gasteiger partial charge in [-0.3, -0.25) is 9.89 Å². The highest BCUT2D eigenvalue weighted by Gasteiger charge is 2.11. The summed E-state index contributed by atoms with van der Waals surface area (Å²) >= 11 is 0. The van der Waals surface area contributed by atoms with E-state index in [1.54, 1.807) is 6.07 Å². The third kappa shape index (κ3) is 1.93. The third-order valence-corrected chi connectivity index (χ3v) is 3.26. The van der Waals surface area contributed by atoms with Crippen LogP contribution in [-0.4, -0.2) is 21.1 Å². The number of rotatable bonds is 2. The van der Waals surface area contributed by atoms with Crippen molar-refractivity contribution in [3.8, 4) is 0 Å². The standard InChI is InChI=1S/C15H10N4O2/c20-15(14-16-8-17-19-14)18-9-5-6-13-11(7-9)10-3-1-2-4-12(10)21-13/h1-8H,(H,18,20)(H,16,17,19). The number of hydrogen-bond acceptors (Lipinski definition) is 4. The molecule has 0 bridgehead atoms. The number of aromatic amines is 1. The molecule has 2 aromatic carbocycles. The van der Waals surface area contributed by atoms with Crippen molar-refractivity contribution in [3.05, 3.63) is 54.6 Å². The predicted molar refractivity (Wildman–Crippen MR) is 78.1 cm³/mol. The first kappa shape index (κ1) is 11.7. The summed E-state index contributed by atoms with van der Waals surface area (Å²) in [6.45, 7) is 0. The fraction of sp³-hybridized carbons (Fsp3) is 0. The van der Waals surface area contributed by atoms with Gasteiger partial charge in [-0.15, -0.1) is 0 Å². The van der Waals surface area contributed by atoms with Gasteiger partial charge in [-0.05, 0) is 24.3 Å². The molecule has 0 fully saturated rings. The second-order valence-corrected chi connectivity index (χ2v) is 4.60. The number of H-pyrrole nitrogens is 1. The molecule has 0 aliphatic rings. The summed E-state index contributed by atoms with van der Waals surface area (Å²) in [5.74, 6) is -0.160. The summed E-state index contributed by atoms with van der Waals surface area (Å²) in [6.07, 6.45) is 1.29. The van der Waals surface area contributed by atoms with Crippen molar-refractivity contribution in [2.75, 3.05) is 5.32 Å². The number of amides is 1. The lowest BCUT2D eigenvalue weighted by Gasteiger charge is -2.02. The molecule has 4 rings (SSSR count). The van der Waals surface area contributed by atoms with Crippen LogP contribution in [0.1, 0.15) is 10.6 Å². The maximum Gasteiger partial charge on any atom is 0.292 e. The normalized spacial score (nSPS) is 11.0. The van der Waals surface area contributed by atoms with Crippen LogP contribution in [0.25, 0.3) is 21.9 Å². The zero-order valence-electron chi connectivity index (χ0n) is 10.8. The maximum atomic E-state index is 11.9. The van der Waals surface area contributed by atoms with Crippen LogP contribution in [0.15, 0.2) is 53.2 Å². The zero-order chi connectivity index (χ0) is 14.2. The number of para-hydroxylation sites is 1.